The maximum atomic E-state index is 15.3. The number of hydrogen-bond donors (Lipinski definition) is 6. The van der Waals surface area contributed by atoms with Crippen molar-refractivity contribution in [2.24, 2.45) is 11.8 Å². The maximum Gasteiger partial charge on any atom is 0.310 e. The summed E-state index contributed by atoms with van der Waals surface area (Å²) in [4.78, 5) is 116. The summed E-state index contributed by atoms with van der Waals surface area (Å²) in [7, 11) is 1.31. The Morgan fingerprint density at radius 2 is 1.35 bits per heavy atom. The fourth-order valence-corrected chi connectivity index (χ4v) is 9.44. The Kier molecular flexibility index (Phi) is 21.2. The van der Waals surface area contributed by atoms with Gasteiger partial charge in [-0.2, -0.15) is 0 Å². The number of phenolic OH excluding ortho intramolecular Hbond substituents is 1. The van der Waals surface area contributed by atoms with Crippen molar-refractivity contribution in [3.63, 3.8) is 0 Å². The molecule has 1 aliphatic rings. The zero-order chi connectivity index (χ0) is 55.4. The molecule has 0 radical (unpaired) electrons. The van der Waals surface area contributed by atoms with Crippen LogP contribution in [-0.4, -0.2) is 138 Å². The minimum Gasteiger partial charge on any atom is -0.502 e. The molecule has 6 N–H and O–H groups in total. The normalized spacial score (nSPS) is 23.0. The van der Waals surface area contributed by atoms with Gasteiger partial charge in [0.15, 0.2) is 5.75 Å². The molecule has 7 amide bonds. The van der Waals surface area contributed by atoms with Crippen molar-refractivity contribution in [2.45, 2.75) is 142 Å². The van der Waals surface area contributed by atoms with Gasteiger partial charge in [-0.05, 0) is 88.5 Å². The number of para-hydroxylation sites is 1. The van der Waals surface area contributed by atoms with E-state index in [4.69, 9.17) is 0 Å². The van der Waals surface area contributed by atoms with E-state index in [0.717, 1.165) is 27.9 Å². The summed E-state index contributed by atoms with van der Waals surface area (Å²) in [6.45, 7) is 18.4. The molecule has 1 fully saturated rings. The van der Waals surface area contributed by atoms with Crippen LogP contribution in [0.3, 0.4) is 0 Å². The number of aromatic hydroxyl groups is 1. The van der Waals surface area contributed by atoms with E-state index >= 15 is 4.79 Å². The van der Waals surface area contributed by atoms with Gasteiger partial charge in [0.25, 0.3) is 0 Å². The first-order valence-corrected chi connectivity index (χ1v) is 26.6. The molecule has 74 heavy (non-hydrogen) atoms. The van der Waals surface area contributed by atoms with Crippen molar-refractivity contribution >= 4 is 68.7 Å². The molecule has 0 saturated carbocycles. The fraction of sp³-hybridized carbons (Fsp3) is 0.528. The highest BCUT2D eigenvalue weighted by Crippen LogP contribution is 2.30. The number of carbonyl (C=O) groups excluding carboxylic acids is 7. The van der Waals surface area contributed by atoms with Gasteiger partial charge in [0, 0.05) is 72.9 Å². The van der Waals surface area contributed by atoms with Crippen LogP contribution in [0.15, 0.2) is 73.5 Å². The number of rotatable bonds is 16. The highest BCUT2D eigenvalue weighted by Gasteiger charge is 2.39. The predicted octanol–water partition coefficient (Wildman–Crippen LogP) is 3.90. The predicted molar refractivity (Wildman–Crippen MR) is 284 cm³/mol. The molecule has 4 rings (SSSR count). The van der Waals surface area contributed by atoms with Crippen LogP contribution >= 0.6 is 0 Å². The van der Waals surface area contributed by atoms with Gasteiger partial charge in [-0.25, -0.2) is 0 Å². The summed E-state index contributed by atoms with van der Waals surface area (Å²) in [5.41, 5.74) is 0.392. The van der Waals surface area contributed by atoms with Crippen molar-refractivity contribution in [3.05, 3.63) is 94.7 Å². The number of carbonyl (C=O) groups is 7. The van der Waals surface area contributed by atoms with Gasteiger partial charge in [0.1, 0.15) is 42.3 Å². The van der Waals surface area contributed by atoms with Crippen LogP contribution in [0.1, 0.15) is 92.2 Å². The second kappa shape index (κ2) is 26.4. The van der Waals surface area contributed by atoms with E-state index < -0.39 is 116 Å². The lowest BCUT2D eigenvalue weighted by atomic mass is 9.98. The minimum absolute atomic E-state index is 0.0195. The van der Waals surface area contributed by atoms with Gasteiger partial charge in [-0.15, -0.1) is 6.58 Å². The van der Waals surface area contributed by atoms with E-state index in [1.807, 2.05) is 76.6 Å². The molecule has 1 saturated heterocycles. The van der Waals surface area contributed by atoms with Gasteiger partial charge in [0.2, 0.25) is 41.4 Å². The number of fused-ring (bicyclic) bond motifs is 1. The van der Waals surface area contributed by atoms with E-state index in [1.54, 1.807) is 25.2 Å². The van der Waals surface area contributed by atoms with Crippen LogP contribution < -0.4 is 26.6 Å². The molecule has 1 unspecified atom stereocenters. The monoisotopic (exact) mass is 1050 g/mol. The molecule has 2 aromatic carbocycles. The summed E-state index contributed by atoms with van der Waals surface area (Å²) < 4.78 is 14.4. The Hall–Kier alpha value is -6.90. The van der Waals surface area contributed by atoms with E-state index in [2.05, 4.69) is 33.2 Å². The van der Waals surface area contributed by atoms with Crippen molar-refractivity contribution in [2.75, 3.05) is 26.1 Å². The number of benzene rings is 2. The van der Waals surface area contributed by atoms with E-state index in [9.17, 15) is 48.2 Å². The van der Waals surface area contributed by atoms with Crippen molar-refractivity contribution in [1.82, 2.24) is 41.0 Å². The van der Waals surface area contributed by atoms with Gasteiger partial charge < -0.3 is 46.1 Å². The van der Waals surface area contributed by atoms with Crippen molar-refractivity contribution in [3.8, 4) is 5.75 Å². The zero-order valence-corrected chi connectivity index (χ0v) is 45.2. The standard InChI is InChI=1S/C53H75N9O11S/c1-13-15-19-37-46(64)58-40(29-35-30-61(53(8,9)14-2)41-20-17-16-18-36(35)41)52(70)60(11)44(26-32(5)6)50(68)57-39(27-34-21-22-45(63)43(28-34)62(71)72)47(65)54-33(7)51(69)59(10)42(23-24-74(12)73)49(67)56-38(25-31(3)4)48(66)55-37/h13-18,20-22,28,30-33,37-40,42,44,63H,2,19,23-27,29H2,1,3-12H3,(H,54,65)(H,55,66)(H,56,67)(H,57,68)(H,58,64)/b15-13+/t33-,37-,38-,39-,40-,42-,44-,74?/m0/s1. The molecule has 0 bridgehead atoms. The molecule has 8 atom stereocenters. The zero-order valence-electron chi connectivity index (χ0n) is 44.4. The highest BCUT2D eigenvalue weighted by molar-refractivity contribution is 7.84. The van der Waals surface area contributed by atoms with Crippen LogP contribution in [0.5, 0.6) is 5.75 Å². The largest absolute Gasteiger partial charge is 0.502 e. The molecule has 0 spiro atoms. The number of likely N-dealkylation sites (N-methyl/N-ethyl adjacent to an activating group) is 2. The number of nitrogens with zero attached hydrogens (tertiary/aromatic N) is 4. The number of nitro groups is 1. The molecule has 1 aromatic heterocycles. The Morgan fingerprint density at radius 1 is 0.784 bits per heavy atom. The summed E-state index contributed by atoms with van der Waals surface area (Å²) in [6.07, 6.45) is 8.02. The van der Waals surface area contributed by atoms with Crippen LogP contribution in [0.2, 0.25) is 0 Å². The van der Waals surface area contributed by atoms with Gasteiger partial charge >= 0.3 is 5.69 Å². The topological polar surface area (TPSA) is 271 Å². The molecular formula is C53H75N9O11S. The SMILES string of the molecule is C=CC(C)(C)n1cc(C[C@@H]2NC(=O)[C@H](C/C=C/C)NC(=O)[C@H](CC(C)C)NC(=O)[C@H](CCS(C)=O)N(C)C(=O)[C@H](C)NC(=O)[C@H](Cc3ccc(O)c([N+](=O)[O-])c3)NC(=O)[C@H](CC(C)C)N(C)C2=O)c2ccccc21. The Labute approximate surface area is 436 Å². The quantitative estimate of drug-likeness (QED) is 0.0681. The second-order valence-corrected chi connectivity index (χ2v) is 22.0. The first kappa shape index (κ1) is 59.7. The summed E-state index contributed by atoms with van der Waals surface area (Å²) in [6, 6.07) is 1.62. The molecule has 20 nitrogen and oxygen atoms in total. The van der Waals surface area contributed by atoms with Crippen molar-refractivity contribution < 1.29 is 47.8 Å². The van der Waals surface area contributed by atoms with E-state index in [0.29, 0.717) is 5.56 Å². The van der Waals surface area contributed by atoms with Gasteiger partial charge in [0.05, 0.1) is 10.5 Å². The summed E-state index contributed by atoms with van der Waals surface area (Å²) in [5.74, 6) is -6.46. The lowest BCUT2D eigenvalue weighted by Crippen LogP contribution is -2.60. The number of allylic oxidation sites excluding steroid dienone is 2. The third-order valence-corrected chi connectivity index (χ3v) is 14.0. The summed E-state index contributed by atoms with van der Waals surface area (Å²) in [5, 5.41) is 36.7. The summed E-state index contributed by atoms with van der Waals surface area (Å²) >= 11 is 0. The average Bonchev–Trinajstić information content (AvgIpc) is 3.71. The van der Waals surface area contributed by atoms with Crippen molar-refractivity contribution in [1.29, 1.82) is 0 Å². The lowest BCUT2D eigenvalue weighted by Gasteiger charge is -2.33. The molecule has 2 heterocycles. The van der Waals surface area contributed by atoms with Crippen LogP contribution in [-0.2, 0) is 62.7 Å². The number of aromatic nitrogens is 1. The van der Waals surface area contributed by atoms with Gasteiger partial charge in [-0.3, -0.25) is 47.9 Å². The Morgan fingerprint density at radius 3 is 1.96 bits per heavy atom. The van der Waals surface area contributed by atoms with E-state index in [1.165, 1.54) is 38.2 Å². The molecule has 404 valence electrons. The highest BCUT2D eigenvalue weighted by atomic mass is 32.2. The van der Waals surface area contributed by atoms with Crippen LogP contribution in [0.4, 0.5) is 5.69 Å². The third-order valence-electron chi connectivity index (χ3n) is 13.2. The van der Waals surface area contributed by atoms with Crippen LogP contribution in [0, 0.1) is 22.0 Å². The molecule has 1 aliphatic heterocycles. The second-order valence-electron chi connectivity index (χ2n) is 20.4. The number of phenols is 1. The first-order chi connectivity index (χ1) is 34.7. The van der Waals surface area contributed by atoms with E-state index in [-0.39, 0.29) is 61.7 Å². The lowest BCUT2D eigenvalue weighted by molar-refractivity contribution is -0.385. The minimum atomic E-state index is -1.54. The third kappa shape index (κ3) is 15.6. The number of nitro benzene ring substituents is 1. The fourth-order valence-electron chi connectivity index (χ4n) is 8.88. The smallest absolute Gasteiger partial charge is 0.310 e. The first-order valence-electron chi connectivity index (χ1n) is 24.9. The number of nitrogens with one attached hydrogen (secondary N) is 5. The van der Waals surface area contributed by atoms with Crippen LogP contribution in [0.25, 0.3) is 10.9 Å². The molecular weight excluding hydrogens is 971 g/mol. The number of hydrogen-bond acceptors (Lipinski definition) is 11. The molecule has 3 aromatic rings. The number of amides is 7. The Bertz CT molecular complexity index is 2630. The average molecular weight is 1050 g/mol. The molecule has 0 aliphatic carbocycles. The molecule has 21 heteroatoms. The van der Waals surface area contributed by atoms with Gasteiger partial charge in [-0.1, -0.05) is 70.2 Å². The maximum absolute atomic E-state index is 15.3. The Balaban J connectivity index is 1.97.